The molecule has 0 saturated carbocycles. The standard InChI is InChI=1S/C13H11BrO4/c1-16-12(15)10-7-11(18-13(10)17-2)8-3-5-9(14)6-4-8/h3-7H,1-2H3. The van der Waals surface area contributed by atoms with E-state index in [1.54, 1.807) is 6.07 Å². The van der Waals surface area contributed by atoms with E-state index in [2.05, 4.69) is 20.7 Å². The maximum Gasteiger partial charge on any atom is 0.345 e. The quantitative estimate of drug-likeness (QED) is 0.814. The number of rotatable bonds is 3. The minimum Gasteiger partial charge on any atom is -0.468 e. The second-order valence-electron chi connectivity index (χ2n) is 3.51. The summed E-state index contributed by atoms with van der Waals surface area (Å²) in [5.74, 6) is 0.221. The van der Waals surface area contributed by atoms with Crippen molar-refractivity contribution in [1.82, 2.24) is 0 Å². The van der Waals surface area contributed by atoms with Crippen LogP contribution in [0.4, 0.5) is 0 Å². The molecule has 0 radical (unpaired) electrons. The van der Waals surface area contributed by atoms with Crippen molar-refractivity contribution in [3.8, 4) is 17.3 Å². The first kappa shape index (κ1) is 12.7. The summed E-state index contributed by atoms with van der Waals surface area (Å²) in [4.78, 5) is 11.5. The van der Waals surface area contributed by atoms with Crippen LogP contribution in [0.5, 0.6) is 5.95 Å². The lowest BCUT2D eigenvalue weighted by molar-refractivity contribution is 0.0594. The fourth-order valence-corrected chi connectivity index (χ4v) is 1.80. The van der Waals surface area contributed by atoms with Gasteiger partial charge >= 0.3 is 5.97 Å². The van der Waals surface area contributed by atoms with Crippen molar-refractivity contribution in [1.29, 1.82) is 0 Å². The third-order valence-corrected chi connectivity index (χ3v) is 2.95. The van der Waals surface area contributed by atoms with Gasteiger partial charge < -0.3 is 13.9 Å². The maximum atomic E-state index is 11.5. The Morgan fingerprint density at radius 1 is 1.22 bits per heavy atom. The van der Waals surface area contributed by atoms with Gasteiger partial charge in [0, 0.05) is 16.1 Å². The van der Waals surface area contributed by atoms with Gasteiger partial charge in [0.2, 0.25) is 0 Å². The molecule has 4 nitrogen and oxygen atoms in total. The highest BCUT2D eigenvalue weighted by Crippen LogP contribution is 2.31. The summed E-state index contributed by atoms with van der Waals surface area (Å²) in [5, 5.41) is 0. The van der Waals surface area contributed by atoms with Gasteiger partial charge in [-0.2, -0.15) is 0 Å². The van der Waals surface area contributed by atoms with Crippen molar-refractivity contribution in [2.75, 3.05) is 14.2 Å². The van der Waals surface area contributed by atoms with Crippen molar-refractivity contribution < 1.29 is 18.7 Å². The largest absolute Gasteiger partial charge is 0.468 e. The van der Waals surface area contributed by atoms with Crippen LogP contribution < -0.4 is 4.74 Å². The van der Waals surface area contributed by atoms with Crippen molar-refractivity contribution in [2.24, 2.45) is 0 Å². The number of hydrogen-bond donors (Lipinski definition) is 0. The lowest BCUT2D eigenvalue weighted by Crippen LogP contribution is -2.01. The van der Waals surface area contributed by atoms with Gasteiger partial charge in [-0.1, -0.05) is 28.1 Å². The molecule has 0 aliphatic heterocycles. The predicted octanol–water partition coefficient (Wildman–Crippen LogP) is 3.50. The predicted molar refractivity (Wildman–Crippen MR) is 69.7 cm³/mol. The number of esters is 1. The lowest BCUT2D eigenvalue weighted by Gasteiger charge is -1.97. The first-order chi connectivity index (χ1) is 8.65. The van der Waals surface area contributed by atoms with Crippen LogP contribution in [0.3, 0.4) is 0 Å². The first-order valence-corrected chi connectivity index (χ1v) is 5.97. The number of ether oxygens (including phenoxy) is 2. The molecular formula is C13H11BrO4. The molecule has 1 aromatic heterocycles. The molecule has 0 saturated heterocycles. The topological polar surface area (TPSA) is 48.7 Å². The van der Waals surface area contributed by atoms with Gasteiger partial charge in [0.15, 0.2) is 0 Å². The van der Waals surface area contributed by atoms with Crippen molar-refractivity contribution in [3.63, 3.8) is 0 Å². The zero-order valence-electron chi connectivity index (χ0n) is 9.90. The van der Waals surface area contributed by atoms with Crippen LogP contribution in [0.25, 0.3) is 11.3 Å². The number of furan rings is 1. The van der Waals surface area contributed by atoms with Crippen molar-refractivity contribution >= 4 is 21.9 Å². The Hall–Kier alpha value is -1.75. The summed E-state index contributed by atoms with van der Waals surface area (Å²) in [7, 11) is 2.75. The SMILES string of the molecule is COC(=O)c1cc(-c2ccc(Br)cc2)oc1OC. The fourth-order valence-electron chi connectivity index (χ4n) is 1.53. The van der Waals surface area contributed by atoms with Crippen LogP contribution >= 0.6 is 15.9 Å². The van der Waals surface area contributed by atoms with Crippen molar-refractivity contribution in [3.05, 3.63) is 40.4 Å². The molecule has 0 atom stereocenters. The van der Waals surface area contributed by atoms with Crippen molar-refractivity contribution in [2.45, 2.75) is 0 Å². The normalized spacial score (nSPS) is 10.2. The molecule has 2 rings (SSSR count). The molecule has 0 aliphatic rings. The minimum atomic E-state index is -0.487. The van der Waals surface area contributed by atoms with E-state index in [0.29, 0.717) is 5.76 Å². The molecule has 1 heterocycles. The Morgan fingerprint density at radius 3 is 2.44 bits per heavy atom. The molecule has 1 aromatic carbocycles. The number of carbonyl (C=O) groups excluding carboxylic acids is 1. The summed E-state index contributed by atoms with van der Waals surface area (Å²) in [6, 6.07) is 9.14. The number of benzene rings is 1. The van der Waals surface area contributed by atoms with E-state index in [-0.39, 0.29) is 11.5 Å². The van der Waals surface area contributed by atoms with E-state index in [4.69, 9.17) is 9.15 Å². The zero-order chi connectivity index (χ0) is 13.1. The van der Waals surface area contributed by atoms with E-state index in [1.165, 1.54) is 14.2 Å². The van der Waals surface area contributed by atoms with Gasteiger partial charge in [-0.15, -0.1) is 0 Å². The van der Waals surface area contributed by atoms with E-state index in [1.807, 2.05) is 24.3 Å². The summed E-state index contributed by atoms with van der Waals surface area (Å²) in [5.41, 5.74) is 1.13. The molecule has 2 aromatic rings. The van der Waals surface area contributed by atoms with E-state index in [9.17, 15) is 4.79 Å². The second kappa shape index (κ2) is 5.27. The Morgan fingerprint density at radius 2 is 1.89 bits per heavy atom. The molecule has 0 unspecified atom stereocenters. The van der Waals surface area contributed by atoms with Gasteiger partial charge in [0.05, 0.1) is 14.2 Å². The minimum absolute atomic E-state index is 0.153. The highest BCUT2D eigenvalue weighted by Gasteiger charge is 2.20. The van der Waals surface area contributed by atoms with Crippen LogP contribution in [0, 0.1) is 0 Å². The number of hydrogen-bond acceptors (Lipinski definition) is 4. The molecule has 0 spiro atoms. The van der Waals surface area contributed by atoms with Gasteiger partial charge in [-0.3, -0.25) is 0 Å². The van der Waals surface area contributed by atoms with Crippen LogP contribution in [0.2, 0.25) is 0 Å². The molecule has 0 bridgehead atoms. The van der Waals surface area contributed by atoms with Crippen LogP contribution in [-0.4, -0.2) is 20.2 Å². The van der Waals surface area contributed by atoms with Gasteiger partial charge in [-0.05, 0) is 12.1 Å². The summed E-state index contributed by atoms with van der Waals surface area (Å²) in [6.07, 6.45) is 0. The third kappa shape index (κ3) is 2.41. The summed E-state index contributed by atoms with van der Waals surface area (Å²) < 4.78 is 16.1. The monoisotopic (exact) mass is 310 g/mol. The number of methoxy groups -OCH3 is 2. The number of carbonyl (C=O) groups is 1. The molecule has 0 aliphatic carbocycles. The average Bonchev–Trinajstić information content (AvgIpc) is 2.82. The molecule has 0 amide bonds. The molecule has 0 N–H and O–H groups in total. The average molecular weight is 311 g/mol. The number of halogens is 1. The molecule has 18 heavy (non-hydrogen) atoms. The second-order valence-corrected chi connectivity index (χ2v) is 4.43. The molecule has 0 fully saturated rings. The Labute approximate surface area is 113 Å². The Balaban J connectivity index is 2.43. The maximum absolute atomic E-state index is 11.5. The summed E-state index contributed by atoms with van der Waals surface area (Å²) in [6.45, 7) is 0. The van der Waals surface area contributed by atoms with E-state index < -0.39 is 5.97 Å². The van der Waals surface area contributed by atoms with Gasteiger partial charge in [-0.25, -0.2) is 4.79 Å². The summed E-state index contributed by atoms with van der Waals surface area (Å²) >= 11 is 3.36. The lowest BCUT2D eigenvalue weighted by atomic mass is 10.1. The van der Waals surface area contributed by atoms with Gasteiger partial charge in [0.1, 0.15) is 11.3 Å². The smallest absolute Gasteiger partial charge is 0.345 e. The Bertz CT molecular complexity index is 557. The third-order valence-electron chi connectivity index (χ3n) is 2.42. The zero-order valence-corrected chi connectivity index (χ0v) is 11.5. The highest BCUT2D eigenvalue weighted by molar-refractivity contribution is 9.10. The first-order valence-electron chi connectivity index (χ1n) is 5.17. The van der Waals surface area contributed by atoms with Crippen LogP contribution in [0.15, 0.2) is 39.2 Å². The Kier molecular flexibility index (Phi) is 3.72. The van der Waals surface area contributed by atoms with E-state index >= 15 is 0 Å². The van der Waals surface area contributed by atoms with Crippen LogP contribution in [-0.2, 0) is 4.74 Å². The molecular weight excluding hydrogens is 300 g/mol. The molecule has 5 heteroatoms. The fraction of sp³-hybridized carbons (Fsp3) is 0.154. The highest BCUT2D eigenvalue weighted by atomic mass is 79.9. The van der Waals surface area contributed by atoms with E-state index in [0.717, 1.165) is 10.0 Å². The van der Waals surface area contributed by atoms with Gasteiger partial charge in [0.25, 0.3) is 5.95 Å². The molecule has 94 valence electrons. The van der Waals surface area contributed by atoms with Crippen LogP contribution in [0.1, 0.15) is 10.4 Å².